The lowest BCUT2D eigenvalue weighted by Gasteiger charge is -2.26. The normalized spacial score (nSPS) is 29.5. The highest BCUT2D eigenvalue weighted by Gasteiger charge is 2.44. The summed E-state index contributed by atoms with van der Waals surface area (Å²) in [5.74, 6) is -1.48. The molecule has 1 saturated heterocycles. The average Bonchev–Trinajstić information content (AvgIpc) is 2.69. The van der Waals surface area contributed by atoms with Gasteiger partial charge in [0.15, 0.2) is 5.78 Å². The zero-order valence-electron chi connectivity index (χ0n) is 12.9. The van der Waals surface area contributed by atoms with E-state index in [4.69, 9.17) is 9.47 Å². The van der Waals surface area contributed by atoms with Crippen LogP contribution in [0.2, 0.25) is 0 Å². The van der Waals surface area contributed by atoms with Gasteiger partial charge in [0, 0.05) is 25.3 Å². The van der Waals surface area contributed by atoms with Crippen molar-refractivity contribution in [1.29, 1.82) is 0 Å². The fraction of sp³-hybridized carbons (Fsp3) is 0.471. The summed E-state index contributed by atoms with van der Waals surface area (Å²) in [6.07, 6.45) is 1.73. The maximum atomic E-state index is 12.0. The third kappa shape index (κ3) is 3.35. The second-order valence-corrected chi connectivity index (χ2v) is 5.81. The average molecular weight is 304 g/mol. The van der Waals surface area contributed by atoms with Crippen LogP contribution in [0, 0.1) is 5.92 Å². The predicted octanol–water partition coefficient (Wildman–Crippen LogP) is 2.27. The van der Waals surface area contributed by atoms with Gasteiger partial charge >= 0.3 is 11.9 Å². The van der Waals surface area contributed by atoms with Gasteiger partial charge in [0.25, 0.3) is 0 Å². The maximum absolute atomic E-state index is 12.0. The number of ether oxygens (including phenoxy) is 2. The fourth-order valence-corrected chi connectivity index (χ4v) is 2.84. The van der Waals surface area contributed by atoms with Crippen molar-refractivity contribution in [1.82, 2.24) is 0 Å². The molecule has 0 aromatic rings. The molecule has 0 spiro atoms. The number of carbonyl (C=O) groups is 3. The first-order chi connectivity index (χ1) is 10.3. The SMILES string of the molecule is C=C1CC2OC(=O)C(=C)C2C(OC(C)=O)C=C(C)CCC1=O. The summed E-state index contributed by atoms with van der Waals surface area (Å²) in [6.45, 7) is 10.7. The van der Waals surface area contributed by atoms with Crippen LogP contribution in [0.15, 0.2) is 36.0 Å². The minimum absolute atomic E-state index is 0.0361. The molecule has 1 aliphatic heterocycles. The number of hydrogen-bond donors (Lipinski definition) is 0. The second kappa shape index (κ2) is 6.30. The van der Waals surface area contributed by atoms with Crippen LogP contribution in [0.3, 0.4) is 0 Å². The highest BCUT2D eigenvalue weighted by atomic mass is 16.6. The van der Waals surface area contributed by atoms with Gasteiger partial charge in [-0.15, -0.1) is 0 Å². The van der Waals surface area contributed by atoms with E-state index in [1.54, 1.807) is 6.08 Å². The first-order valence-corrected chi connectivity index (χ1v) is 7.25. The lowest BCUT2D eigenvalue weighted by Crippen LogP contribution is -2.33. The molecule has 0 aromatic heterocycles. The molecule has 1 heterocycles. The summed E-state index contributed by atoms with van der Waals surface area (Å²) >= 11 is 0. The van der Waals surface area contributed by atoms with E-state index in [9.17, 15) is 14.4 Å². The van der Waals surface area contributed by atoms with E-state index in [0.717, 1.165) is 5.57 Å². The Bertz CT molecular complexity index is 584. The van der Waals surface area contributed by atoms with Crippen molar-refractivity contribution in [2.24, 2.45) is 5.92 Å². The number of Topliss-reactive ketones (excluding diaryl/α,β-unsaturated/α-hetero) is 1. The number of fused-ring (bicyclic) bond motifs is 1. The summed E-state index contributed by atoms with van der Waals surface area (Å²) in [6, 6.07) is 0. The van der Waals surface area contributed by atoms with Gasteiger partial charge in [-0.2, -0.15) is 0 Å². The van der Waals surface area contributed by atoms with Crippen molar-refractivity contribution in [3.05, 3.63) is 36.0 Å². The number of hydrogen-bond acceptors (Lipinski definition) is 5. The first kappa shape index (κ1) is 16.2. The van der Waals surface area contributed by atoms with E-state index in [1.165, 1.54) is 6.92 Å². The van der Waals surface area contributed by atoms with Gasteiger partial charge in [0.1, 0.15) is 12.2 Å². The largest absolute Gasteiger partial charge is 0.458 e. The highest BCUT2D eigenvalue weighted by molar-refractivity contribution is 5.95. The second-order valence-electron chi connectivity index (χ2n) is 5.81. The minimum atomic E-state index is -0.623. The van der Waals surface area contributed by atoms with Gasteiger partial charge in [-0.05, 0) is 25.0 Å². The molecule has 0 aromatic carbocycles. The van der Waals surface area contributed by atoms with Gasteiger partial charge in [-0.1, -0.05) is 18.7 Å². The lowest BCUT2D eigenvalue weighted by molar-refractivity contribution is -0.147. The monoisotopic (exact) mass is 304 g/mol. The van der Waals surface area contributed by atoms with Crippen molar-refractivity contribution in [3.63, 3.8) is 0 Å². The molecule has 2 aliphatic rings. The van der Waals surface area contributed by atoms with Crippen LogP contribution in [0.4, 0.5) is 0 Å². The van der Waals surface area contributed by atoms with Gasteiger partial charge in [-0.25, -0.2) is 4.79 Å². The van der Waals surface area contributed by atoms with E-state index >= 15 is 0 Å². The Balaban J connectivity index is 2.42. The van der Waals surface area contributed by atoms with Crippen molar-refractivity contribution in [2.45, 2.75) is 45.3 Å². The third-order valence-electron chi connectivity index (χ3n) is 4.02. The molecule has 0 bridgehead atoms. The molecule has 2 rings (SSSR count). The van der Waals surface area contributed by atoms with Gasteiger partial charge in [0.2, 0.25) is 0 Å². The van der Waals surface area contributed by atoms with Crippen LogP contribution >= 0.6 is 0 Å². The third-order valence-corrected chi connectivity index (χ3v) is 4.02. The Hall–Kier alpha value is -2.17. The van der Waals surface area contributed by atoms with E-state index in [-0.39, 0.29) is 17.8 Å². The molecule has 118 valence electrons. The fourth-order valence-electron chi connectivity index (χ4n) is 2.84. The van der Waals surface area contributed by atoms with Crippen LogP contribution in [-0.2, 0) is 23.9 Å². The van der Waals surface area contributed by atoms with E-state index in [0.29, 0.717) is 18.4 Å². The predicted molar refractivity (Wildman–Crippen MR) is 79.8 cm³/mol. The zero-order chi connectivity index (χ0) is 16.4. The molecule has 5 nitrogen and oxygen atoms in total. The minimum Gasteiger partial charge on any atom is -0.458 e. The number of ketones is 1. The van der Waals surface area contributed by atoms with Crippen LogP contribution in [0.5, 0.6) is 0 Å². The Labute approximate surface area is 129 Å². The molecule has 3 unspecified atom stereocenters. The molecule has 0 N–H and O–H groups in total. The summed E-state index contributed by atoms with van der Waals surface area (Å²) in [5, 5.41) is 0. The quantitative estimate of drug-likeness (QED) is 0.422. The molecular formula is C17H20O5. The molecule has 1 fully saturated rings. The van der Waals surface area contributed by atoms with Crippen LogP contribution in [0.25, 0.3) is 0 Å². The molecule has 5 heteroatoms. The van der Waals surface area contributed by atoms with E-state index < -0.39 is 30.1 Å². The molecule has 0 radical (unpaired) electrons. The lowest BCUT2D eigenvalue weighted by atomic mass is 9.84. The topological polar surface area (TPSA) is 69.7 Å². The summed E-state index contributed by atoms with van der Waals surface area (Å²) in [5.41, 5.74) is 1.61. The van der Waals surface area contributed by atoms with Crippen LogP contribution in [-0.4, -0.2) is 29.9 Å². The van der Waals surface area contributed by atoms with Crippen molar-refractivity contribution < 1.29 is 23.9 Å². The maximum Gasteiger partial charge on any atom is 0.334 e. The Morgan fingerprint density at radius 3 is 2.64 bits per heavy atom. The number of allylic oxidation sites excluding steroid dienone is 1. The van der Waals surface area contributed by atoms with Gasteiger partial charge < -0.3 is 9.47 Å². The van der Waals surface area contributed by atoms with Crippen molar-refractivity contribution >= 4 is 17.7 Å². The van der Waals surface area contributed by atoms with Crippen molar-refractivity contribution in [3.8, 4) is 0 Å². The van der Waals surface area contributed by atoms with E-state index in [1.807, 2.05) is 6.92 Å². The highest BCUT2D eigenvalue weighted by Crippen LogP contribution is 2.36. The Morgan fingerprint density at radius 1 is 1.32 bits per heavy atom. The van der Waals surface area contributed by atoms with Crippen LogP contribution < -0.4 is 0 Å². The zero-order valence-corrected chi connectivity index (χ0v) is 12.9. The summed E-state index contributed by atoms with van der Waals surface area (Å²) in [4.78, 5) is 35.2. The molecule has 1 aliphatic carbocycles. The summed E-state index contributed by atoms with van der Waals surface area (Å²) in [7, 11) is 0. The van der Waals surface area contributed by atoms with Crippen molar-refractivity contribution in [2.75, 3.05) is 0 Å². The Morgan fingerprint density at radius 2 is 2.00 bits per heavy atom. The van der Waals surface area contributed by atoms with E-state index in [2.05, 4.69) is 13.2 Å². The molecular weight excluding hydrogens is 284 g/mol. The molecule has 22 heavy (non-hydrogen) atoms. The van der Waals surface area contributed by atoms with Gasteiger partial charge in [-0.3, -0.25) is 9.59 Å². The van der Waals surface area contributed by atoms with Gasteiger partial charge in [0.05, 0.1) is 5.92 Å². The smallest absolute Gasteiger partial charge is 0.334 e. The molecule has 3 atom stereocenters. The Kier molecular flexibility index (Phi) is 4.64. The number of esters is 2. The van der Waals surface area contributed by atoms with Crippen LogP contribution in [0.1, 0.15) is 33.1 Å². The standard InChI is InChI=1S/C17H20O5/c1-9-5-6-13(19)10(2)8-15-16(11(3)17(20)22-15)14(7-9)21-12(4)18/h7,14-16H,2-3,5-6,8H2,1,4H3. The number of carbonyl (C=O) groups excluding carboxylic acids is 3. The molecule has 0 amide bonds. The summed E-state index contributed by atoms with van der Waals surface area (Å²) < 4.78 is 10.7. The number of rotatable bonds is 1. The molecule has 0 saturated carbocycles. The first-order valence-electron chi connectivity index (χ1n) is 7.25.